The first-order chi connectivity index (χ1) is 10.2. The molecule has 1 aromatic carbocycles. The van der Waals surface area contributed by atoms with Crippen molar-refractivity contribution >= 4 is 23.4 Å². The number of rotatable bonds is 4. The van der Waals surface area contributed by atoms with E-state index in [1.807, 2.05) is 55.5 Å². The van der Waals surface area contributed by atoms with Gasteiger partial charge < -0.3 is 11.1 Å². The molecule has 0 aliphatic carbocycles. The number of hydrogen-bond donors (Lipinski definition) is 2. The fourth-order valence-electron chi connectivity index (χ4n) is 1.87. The van der Waals surface area contributed by atoms with Gasteiger partial charge in [0, 0.05) is 18.3 Å². The molecule has 0 atom stereocenters. The number of nitrogens with one attached hydrogen (secondary N) is 1. The van der Waals surface area contributed by atoms with Gasteiger partial charge in [0.1, 0.15) is 5.84 Å². The molecule has 4 heteroatoms. The fourth-order valence-corrected chi connectivity index (χ4v) is 1.87. The van der Waals surface area contributed by atoms with Crippen molar-refractivity contribution < 1.29 is 0 Å². The molecule has 0 saturated carbocycles. The summed E-state index contributed by atoms with van der Waals surface area (Å²) >= 11 is 0. The summed E-state index contributed by atoms with van der Waals surface area (Å²) in [4.78, 5) is 8.77. The first-order valence-corrected chi connectivity index (χ1v) is 7.01. The lowest BCUT2D eigenvalue weighted by Gasteiger charge is -1.99. The molecule has 1 aromatic rings. The smallest absolute Gasteiger partial charge is 0.177 e. The first kappa shape index (κ1) is 14.8. The van der Waals surface area contributed by atoms with Crippen molar-refractivity contribution in [3.05, 3.63) is 60.0 Å². The molecule has 0 amide bonds. The van der Waals surface area contributed by atoms with Gasteiger partial charge in [-0.05, 0) is 24.6 Å². The zero-order valence-electron chi connectivity index (χ0n) is 12.4. The quantitative estimate of drug-likeness (QED) is 0.829. The van der Waals surface area contributed by atoms with Crippen molar-refractivity contribution in [3.8, 4) is 0 Å². The molecule has 3 N–H and O–H groups in total. The van der Waals surface area contributed by atoms with E-state index in [1.165, 1.54) is 0 Å². The van der Waals surface area contributed by atoms with Crippen LogP contribution in [0.1, 0.15) is 25.8 Å². The van der Waals surface area contributed by atoms with Crippen LogP contribution in [-0.4, -0.2) is 11.7 Å². The highest BCUT2D eigenvalue weighted by Gasteiger charge is 2.15. The number of anilines is 1. The predicted octanol–water partition coefficient (Wildman–Crippen LogP) is 3.51. The fraction of sp³-hybridized carbons (Fsp3) is 0.176. The summed E-state index contributed by atoms with van der Waals surface area (Å²) in [5.74, 6) is 1.63. The minimum Gasteiger partial charge on any atom is -0.398 e. The second-order valence-corrected chi connectivity index (χ2v) is 4.54. The molecule has 108 valence electrons. The Bertz CT molecular complexity index is 649. The molecule has 0 unspecified atom stereocenters. The van der Waals surface area contributed by atoms with Crippen molar-refractivity contribution in [3.63, 3.8) is 0 Å². The van der Waals surface area contributed by atoms with E-state index < -0.39 is 0 Å². The van der Waals surface area contributed by atoms with E-state index in [0.717, 1.165) is 29.2 Å². The summed E-state index contributed by atoms with van der Waals surface area (Å²) in [6.45, 7) is 3.99. The van der Waals surface area contributed by atoms with Gasteiger partial charge in [0.25, 0.3) is 0 Å². The SMILES string of the molecule is C\C=C/N=C1/N=C(CC)N/C1=C\C=C\c1ccccc1N. The van der Waals surface area contributed by atoms with Gasteiger partial charge in [0.15, 0.2) is 5.84 Å². The molecule has 0 aromatic heterocycles. The molecule has 0 fully saturated rings. The van der Waals surface area contributed by atoms with Crippen LogP contribution in [0.3, 0.4) is 0 Å². The summed E-state index contributed by atoms with van der Waals surface area (Å²) < 4.78 is 0. The van der Waals surface area contributed by atoms with E-state index >= 15 is 0 Å². The Kier molecular flexibility index (Phi) is 5.10. The molecule has 2 rings (SSSR count). The molecule has 4 nitrogen and oxygen atoms in total. The van der Waals surface area contributed by atoms with E-state index in [0.29, 0.717) is 5.84 Å². The molecule has 0 radical (unpaired) electrons. The summed E-state index contributed by atoms with van der Waals surface area (Å²) in [6.07, 6.45) is 10.4. The Balaban J connectivity index is 2.19. The van der Waals surface area contributed by atoms with Crippen molar-refractivity contribution in [1.29, 1.82) is 0 Å². The lowest BCUT2D eigenvalue weighted by atomic mass is 10.1. The van der Waals surface area contributed by atoms with Gasteiger partial charge >= 0.3 is 0 Å². The number of nitrogen functional groups attached to an aromatic ring is 1. The second-order valence-electron chi connectivity index (χ2n) is 4.54. The Labute approximate surface area is 125 Å². The van der Waals surface area contributed by atoms with Gasteiger partial charge in [0.05, 0.1) is 5.70 Å². The van der Waals surface area contributed by atoms with Crippen molar-refractivity contribution in [2.24, 2.45) is 9.98 Å². The molecule has 21 heavy (non-hydrogen) atoms. The standard InChI is InChI=1S/C17H20N4/c1-3-12-19-17-15(20-16(4-2)21-17)11-7-9-13-8-5-6-10-14(13)18/h3,5-12H,4,18H2,1-2H3,(H,19,20,21)/b9-7+,12-3-,15-11-. The van der Waals surface area contributed by atoms with Gasteiger partial charge in [0.2, 0.25) is 0 Å². The molecule has 1 aliphatic heterocycles. The highest BCUT2D eigenvalue weighted by Crippen LogP contribution is 2.13. The van der Waals surface area contributed by atoms with Gasteiger partial charge in [-0.15, -0.1) is 0 Å². The third kappa shape index (κ3) is 3.92. The highest BCUT2D eigenvalue weighted by atomic mass is 15.1. The van der Waals surface area contributed by atoms with Crippen LogP contribution in [-0.2, 0) is 0 Å². The predicted molar refractivity (Wildman–Crippen MR) is 91.1 cm³/mol. The molecule has 0 saturated heterocycles. The molecule has 1 aliphatic rings. The topological polar surface area (TPSA) is 62.8 Å². The zero-order chi connectivity index (χ0) is 15.1. The number of hydrogen-bond acceptors (Lipinski definition) is 3. The molecule has 0 spiro atoms. The number of para-hydroxylation sites is 1. The van der Waals surface area contributed by atoms with Gasteiger partial charge in [-0.2, -0.15) is 0 Å². The Morgan fingerprint density at radius 2 is 2.14 bits per heavy atom. The monoisotopic (exact) mass is 280 g/mol. The van der Waals surface area contributed by atoms with E-state index in [2.05, 4.69) is 22.2 Å². The van der Waals surface area contributed by atoms with E-state index in [4.69, 9.17) is 5.73 Å². The number of nitrogens with two attached hydrogens (primary N) is 1. The normalized spacial score (nSPS) is 18.9. The third-order valence-corrected chi connectivity index (χ3v) is 2.98. The highest BCUT2D eigenvalue weighted by molar-refractivity contribution is 6.14. The van der Waals surface area contributed by atoms with Crippen LogP contribution >= 0.6 is 0 Å². The Morgan fingerprint density at radius 3 is 2.86 bits per heavy atom. The van der Waals surface area contributed by atoms with E-state index in [1.54, 1.807) is 6.20 Å². The minimum absolute atomic E-state index is 0.704. The maximum Gasteiger partial charge on any atom is 0.177 e. The maximum atomic E-state index is 5.91. The van der Waals surface area contributed by atoms with Crippen LogP contribution in [0.15, 0.2) is 64.4 Å². The van der Waals surface area contributed by atoms with Crippen LogP contribution in [0.2, 0.25) is 0 Å². The molecule has 1 heterocycles. The summed E-state index contributed by atoms with van der Waals surface area (Å²) in [5.41, 5.74) is 8.57. The van der Waals surface area contributed by atoms with Gasteiger partial charge in [-0.25, -0.2) is 9.98 Å². The van der Waals surface area contributed by atoms with Crippen molar-refractivity contribution in [1.82, 2.24) is 5.32 Å². The summed E-state index contributed by atoms with van der Waals surface area (Å²) in [5, 5.41) is 3.26. The summed E-state index contributed by atoms with van der Waals surface area (Å²) in [6, 6.07) is 7.76. The Hall–Kier alpha value is -2.62. The van der Waals surface area contributed by atoms with Crippen LogP contribution in [0, 0.1) is 0 Å². The average Bonchev–Trinajstić information content (AvgIpc) is 2.89. The number of aliphatic imine (C=N–C) groups is 2. The van der Waals surface area contributed by atoms with Crippen molar-refractivity contribution in [2.45, 2.75) is 20.3 Å². The lowest BCUT2D eigenvalue weighted by molar-refractivity contribution is 1.15. The third-order valence-electron chi connectivity index (χ3n) is 2.98. The van der Waals surface area contributed by atoms with Gasteiger partial charge in [-0.3, -0.25) is 0 Å². The maximum absolute atomic E-state index is 5.91. The van der Waals surface area contributed by atoms with Crippen LogP contribution < -0.4 is 11.1 Å². The van der Waals surface area contributed by atoms with E-state index in [-0.39, 0.29) is 0 Å². The largest absolute Gasteiger partial charge is 0.398 e. The summed E-state index contributed by atoms with van der Waals surface area (Å²) in [7, 11) is 0. The van der Waals surface area contributed by atoms with Crippen LogP contribution in [0.5, 0.6) is 0 Å². The molecular weight excluding hydrogens is 260 g/mol. The number of allylic oxidation sites excluding steroid dienone is 3. The van der Waals surface area contributed by atoms with Crippen LogP contribution in [0.25, 0.3) is 6.08 Å². The second kappa shape index (κ2) is 7.24. The molecular formula is C17H20N4. The van der Waals surface area contributed by atoms with Crippen molar-refractivity contribution in [2.75, 3.05) is 5.73 Å². The van der Waals surface area contributed by atoms with Gasteiger partial charge in [-0.1, -0.05) is 43.4 Å². The van der Waals surface area contributed by atoms with Crippen LogP contribution in [0.4, 0.5) is 5.69 Å². The first-order valence-electron chi connectivity index (χ1n) is 7.01. The molecule has 0 bridgehead atoms. The Morgan fingerprint density at radius 1 is 1.33 bits per heavy atom. The number of amidine groups is 2. The minimum atomic E-state index is 0.704. The lowest BCUT2D eigenvalue weighted by Crippen LogP contribution is -2.16. The number of benzene rings is 1. The zero-order valence-corrected chi connectivity index (χ0v) is 12.4. The number of nitrogens with zero attached hydrogens (tertiary/aromatic N) is 2. The average molecular weight is 280 g/mol. The van der Waals surface area contributed by atoms with E-state index in [9.17, 15) is 0 Å².